The largest absolute Gasteiger partial charge is 0.511 e. The zero-order chi connectivity index (χ0) is 30.6. The van der Waals surface area contributed by atoms with E-state index < -0.39 is 33.1 Å². The molecule has 0 aromatic heterocycles. The average Bonchev–Trinajstić information content (AvgIpc) is 3.88. The van der Waals surface area contributed by atoms with Crippen molar-refractivity contribution in [3.05, 3.63) is 35.2 Å². The lowest BCUT2D eigenvalue weighted by Crippen LogP contribution is -2.52. The molecule has 0 N–H and O–H groups in total. The van der Waals surface area contributed by atoms with Gasteiger partial charge in [0.2, 0.25) is 11.8 Å². The standard InChI is InChI=1S/C28H34F4N4O6S/c1-39-15-23(42-27(16-33)5-6-27)35-11-17-13-40-14-18(12-35)21(17)10-22-20-2-7-34-26(25(29)24(20)22)41-19-3-8-36(9-4-19)43(37,38)28(30,31)32/h2,15,17-19,21-22H,3-14H2,1H3. The average molecular weight is 631 g/mol. The number of aliphatic imine (C=N–C) groups is 1. The number of piperidine rings is 2. The summed E-state index contributed by atoms with van der Waals surface area (Å²) in [6.45, 7) is 1.93. The molecule has 0 aromatic carbocycles. The Morgan fingerprint density at radius 3 is 2.49 bits per heavy atom. The number of methoxy groups -OCH3 is 1. The summed E-state index contributed by atoms with van der Waals surface area (Å²) in [6, 6.07) is 2.25. The predicted molar refractivity (Wildman–Crippen MR) is 144 cm³/mol. The van der Waals surface area contributed by atoms with Crippen LogP contribution in [0.4, 0.5) is 17.6 Å². The monoisotopic (exact) mass is 630 g/mol. The Morgan fingerprint density at radius 2 is 1.91 bits per heavy atom. The molecular formula is C28H34F4N4O6S. The van der Waals surface area contributed by atoms with Crippen molar-refractivity contribution in [2.75, 3.05) is 53.0 Å². The van der Waals surface area contributed by atoms with Gasteiger partial charge in [0.25, 0.3) is 0 Å². The number of sulfonamides is 1. The second-order valence-corrected chi connectivity index (χ2v) is 13.9. The van der Waals surface area contributed by atoms with Crippen molar-refractivity contribution in [3.8, 4) is 6.07 Å². The highest BCUT2D eigenvalue weighted by Crippen LogP contribution is 2.55. The lowest BCUT2D eigenvalue weighted by atomic mass is 9.73. The van der Waals surface area contributed by atoms with Crippen LogP contribution in [0.5, 0.6) is 0 Å². The highest BCUT2D eigenvalue weighted by atomic mass is 32.2. The van der Waals surface area contributed by atoms with E-state index in [1.54, 1.807) is 7.11 Å². The van der Waals surface area contributed by atoms with Gasteiger partial charge in [-0.2, -0.15) is 22.7 Å². The summed E-state index contributed by atoms with van der Waals surface area (Å²) in [5.41, 5.74) is -4.69. The molecule has 0 amide bonds. The fourth-order valence-corrected chi connectivity index (χ4v) is 7.72. The van der Waals surface area contributed by atoms with Crippen molar-refractivity contribution < 1.29 is 44.9 Å². The van der Waals surface area contributed by atoms with Crippen LogP contribution in [0, 0.1) is 35.0 Å². The van der Waals surface area contributed by atoms with Gasteiger partial charge in [0.1, 0.15) is 18.4 Å². The first-order valence-corrected chi connectivity index (χ1v) is 15.9. The number of likely N-dealkylation sites (tertiary alicyclic amines) is 1. The minimum absolute atomic E-state index is 0.00129. The number of halogens is 4. The summed E-state index contributed by atoms with van der Waals surface area (Å²) in [5, 5.41) is 9.50. The maximum atomic E-state index is 15.7. The molecule has 5 fully saturated rings. The highest BCUT2D eigenvalue weighted by Gasteiger charge is 2.52. The van der Waals surface area contributed by atoms with Gasteiger partial charge in [-0.1, -0.05) is 6.08 Å². The van der Waals surface area contributed by atoms with E-state index >= 15 is 4.39 Å². The summed E-state index contributed by atoms with van der Waals surface area (Å²) >= 11 is 0. The van der Waals surface area contributed by atoms with Crippen LogP contribution in [0.2, 0.25) is 0 Å². The zero-order valence-electron chi connectivity index (χ0n) is 23.7. The van der Waals surface area contributed by atoms with Gasteiger partial charge in [-0.15, -0.1) is 0 Å². The van der Waals surface area contributed by atoms with Crippen LogP contribution in [-0.2, 0) is 29.0 Å². The van der Waals surface area contributed by atoms with Gasteiger partial charge in [0, 0.05) is 62.3 Å². The number of hydrogen-bond donors (Lipinski definition) is 0. The molecule has 6 rings (SSSR count). The number of fused-ring (bicyclic) bond motifs is 3. The number of nitrogens with zero attached hydrogens (tertiary/aromatic N) is 4. The number of rotatable bonds is 8. The molecule has 2 saturated carbocycles. The Balaban J connectivity index is 1.08. The summed E-state index contributed by atoms with van der Waals surface area (Å²) in [5.74, 6) is 0.366. The summed E-state index contributed by atoms with van der Waals surface area (Å²) in [4.78, 5) is 6.32. The van der Waals surface area contributed by atoms with E-state index in [1.807, 2.05) is 6.08 Å². The molecule has 0 spiro atoms. The normalized spacial score (nSPS) is 31.3. The maximum absolute atomic E-state index is 15.7. The van der Waals surface area contributed by atoms with Crippen LogP contribution in [0.25, 0.3) is 0 Å². The molecule has 2 aliphatic carbocycles. The third-order valence-corrected chi connectivity index (χ3v) is 10.9. The Kier molecular flexibility index (Phi) is 7.91. The first-order valence-electron chi connectivity index (χ1n) is 14.5. The second-order valence-electron chi connectivity index (χ2n) is 12.0. The Labute approximate surface area is 247 Å². The number of hydrogen-bond acceptors (Lipinski definition) is 9. The van der Waals surface area contributed by atoms with Gasteiger partial charge in [0.15, 0.2) is 11.4 Å². The van der Waals surface area contributed by atoms with Crippen LogP contribution >= 0.6 is 0 Å². The van der Waals surface area contributed by atoms with Gasteiger partial charge < -0.3 is 23.8 Å². The molecule has 2 bridgehead atoms. The molecule has 3 unspecified atom stereocenters. The molecule has 43 heavy (non-hydrogen) atoms. The smallest absolute Gasteiger partial charge is 0.499 e. The molecule has 236 valence electrons. The fraction of sp³-hybridized carbons (Fsp3) is 0.714. The number of nitriles is 1. The van der Waals surface area contributed by atoms with Crippen LogP contribution in [0.3, 0.4) is 0 Å². The van der Waals surface area contributed by atoms with Crippen LogP contribution in [0.15, 0.2) is 40.2 Å². The molecule has 0 aromatic rings. The van der Waals surface area contributed by atoms with Crippen molar-refractivity contribution in [1.82, 2.24) is 9.21 Å². The minimum atomic E-state index is -5.41. The molecule has 0 radical (unpaired) electrons. The highest BCUT2D eigenvalue weighted by molar-refractivity contribution is 7.90. The van der Waals surface area contributed by atoms with Gasteiger partial charge in [-0.3, -0.25) is 0 Å². The Bertz CT molecular complexity index is 1380. The summed E-state index contributed by atoms with van der Waals surface area (Å²) in [6.07, 6.45) is 4.90. The first kappa shape index (κ1) is 30.2. The van der Waals surface area contributed by atoms with Crippen LogP contribution in [0.1, 0.15) is 32.1 Å². The maximum Gasteiger partial charge on any atom is 0.511 e. The lowest BCUT2D eigenvalue weighted by Gasteiger charge is -2.48. The van der Waals surface area contributed by atoms with Crippen LogP contribution < -0.4 is 0 Å². The quantitative estimate of drug-likeness (QED) is 0.295. The molecule has 4 heterocycles. The van der Waals surface area contributed by atoms with Crippen molar-refractivity contribution in [3.63, 3.8) is 0 Å². The number of ether oxygens (including phenoxy) is 4. The Hall–Kier alpha value is -2.83. The van der Waals surface area contributed by atoms with Gasteiger partial charge >= 0.3 is 15.5 Å². The third-order valence-electron chi connectivity index (χ3n) is 9.26. The van der Waals surface area contributed by atoms with E-state index in [1.165, 1.54) is 6.26 Å². The third kappa shape index (κ3) is 5.85. The topological polar surface area (TPSA) is 114 Å². The SMILES string of the molecule is COC=C(OC1(C#N)CC1)N1CC2COCC(C1)C2CC1C2=CCN=C(OC3CCN(S(=O)(=O)C(F)(F)F)CC3)C(F)=C21. The van der Waals surface area contributed by atoms with Crippen molar-refractivity contribution in [2.24, 2.45) is 28.7 Å². The van der Waals surface area contributed by atoms with Crippen LogP contribution in [-0.4, -0.2) is 93.8 Å². The zero-order valence-corrected chi connectivity index (χ0v) is 24.5. The molecule has 15 heteroatoms. The number of allylic oxidation sites excluding steroid dienone is 2. The first-order chi connectivity index (χ1) is 20.5. The van der Waals surface area contributed by atoms with E-state index in [9.17, 15) is 26.9 Å². The summed E-state index contributed by atoms with van der Waals surface area (Å²) in [7, 11) is -3.86. The molecule has 4 aliphatic heterocycles. The van der Waals surface area contributed by atoms with Gasteiger partial charge in [-0.25, -0.2) is 17.8 Å². The molecule has 3 saturated heterocycles. The fourth-order valence-electron chi connectivity index (χ4n) is 6.73. The predicted octanol–water partition coefficient (Wildman–Crippen LogP) is 3.61. The Morgan fingerprint density at radius 1 is 1.23 bits per heavy atom. The van der Waals surface area contributed by atoms with Crippen molar-refractivity contribution >= 4 is 15.9 Å². The second kappa shape index (κ2) is 11.3. The van der Waals surface area contributed by atoms with Crippen molar-refractivity contribution in [2.45, 2.75) is 49.3 Å². The van der Waals surface area contributed by atoms with Crippen molar-refractivity contribution in [1.29, 1.82) is 5.26 Å². The molecular weight excluding hydrogens is 596 g/mol. The van der Waals surface area contributed by atoms with E-state index in [0.29, 0.717) is 54.9 Å². The number of alkyl halides is 3. The summed E-state index contributed by atoms with van der Waals surface area (Å²) < 4.78 is 101. The van der Waals surface area contributed by atoms with Gasteiger partial charge in [0.05, 0.1) is 26.9 Å². The minimum Gasteiger partial charge on any atom is -0.499 e. The van der Waals surface area contributed by atoms with E-state index in [0.717, 1.165) is 12.0 Å². The molecule has 6 aliphatic rings. The van der Waals surface area contributed by atoms with E-state index in [4.69, 9.17) is 18.9 Å². The molecule has 10 nitrogen and oxygen atoms in total. The van der Waals surface area contributed by atoms with E-state index in [2.05, 4.69) is 16.0 Å². The lowest BCUT2D eigenvalue weighted by molar-refractivity contribution is -0.0954. The molecule has 3 atom stereocenters. The van der Waals surface area contributed by atoms with E-state index in [-0.39, 0.29) is 62.0 Å². The van der Waals surface area contributed by atoms with Gasteiger partial charge in [-0.05, 0) is 30.8 Å².